The zero-order chi connectivity index (χ0) is 13.8. The van der Waals surface area contributed by atoms with Crippen molar-refractivity contribution in [2.45, 2.75) is 45.2 Å². The molecule has 1 aromatic carbocycles. The molecule has 3 heteroatoms. The molecule has 2 N–H and O–H groups in total. The van der Waals surface area contributed by atoms with E-state index < -0.39 is 0 Å². The molecule has 0 saturated heterocycles. The lowest BCUT2D eigenvalue weighted by atomic mass is 10.1. The number of phenolic OH excluding ortho intramolecular Hbond substituents is 1. The number of likely N-dealkylation sites (N-methyl/N-ethyl adjacent to an activating group) is 1. The molecule has 19 heavy (non-hydrogen) atoms. The van der Waals surface area contributed by atoms with Gasteiger partial charge in [0.1, 0.15) is 5.75 Å². The summed E-state index contributed by atoms with van der Waals surface area (Å²) in [4.78, 5) is 2.39. The average Bonchev–Trinajstić information content (AvgIpc) is 2.82. The van der Waals surface area contributed by atoms with E-state index in [0.717, 1.165) is 31.5 Å². The largest absolute Gasteiger partial charge is 0.508 e. The monoisotopic (exact) mass is 262 g/mol. The third kappa shape index (κ3) is 3.28. The molecule has 0 heterocycles. The molecular formula is C16H26N2O. The molecule has 0 radical (unpaired) electrons. The van der Waals surface area contributed by atoms with Crippen LogP contribution in [0.25, 0.3) is 0 Å². The summed E-state index contributed by atoms with van der Waals surface area (Å²) >= 11 is 0. The Bertz CT molecular complexity index is 419. The van der Waals surface area contributed by atoms with Gasteiger partial charge >= 0.3 is 0 Å². The predicted molar refractivity (Wildman–Crippen MR) is 79.6 cm³/mol. The van der Waals surface area contributed by atoms with Crippen molar-refractivity contribution in [3.05, 3.63) is 29.3 Å². The van der Waals surface area contributed by atoms with Gasteiger partial charge in [-0.15, -0.1) is 0 Å². The summed E-state index contributed by atoms with van der Waals surface area (Å²) in [6, 6.07) is 6.92. The summed E-state index contributed by atoms with van der Waals surface area (Å²) in [5.41, 5.74) is 2.42. The second kappa shape index (κ2) is 6.40. The fraction of sp³-hybridized carbons (Fsp3) is 0.625. The van der Waals surface area contributed by atoms with E-state index in [1.165, 1.54) is 12.0 Å². The Hall–Kier alpha value is -1.06. The molecule has 0 fully saturated rings. The van der Waals surface area contributed by atoms with E-state index in [1.54, 1.807) is 6.07 Å². The number of hydrogen-bond donors (Lipinski definition) is 2. The maximum absolute atomic E-state index is 9.83. The number of nitrogens with one attached hydrogen (secondary N) is 1. The van der Waals surface area contributed by atoms with E-state index >= 15 is 0 Å². The molecule has 2 rings (SSSR count). The highest BCUT2D eigenvalue weighted by Crippen LogP contribution is 2.35. The first kappa shape index (κ1) is 14.4. The van der Waals surface area contributed by atoms with Gasteiger partial charge in [-0.2, -0.15) is 0 Å². The highest BCUT2D eigenvalue weighted by atomic mass is 16.3. The van der Waals surface area contributed by atoms with E-state index in [0.29, 0.717) is 17.8 Å². The maximum atomic E-state index is 9.83. The van der Waals surface area contributed by atoms with Crippen LogP contribution < -0.4 is 5.32 Å². The van der Waals surface area contributed by atoms with E-state index in [9.17, 15) is 5.11 Å². The van der Waals surface area contributed by atoms with Gasteiger partial charge in [0.2, 0.25) is 0 Å². The summed E-state index contributed by atoms with van der Waals surface area (Å²) in [7, 11) is 2.18. The van der Waals surface area contributed by atoms with Crippen LogP contribution in [-0.4, -0.2) is 36.2 Å². The third-order valence-electron chi connectivity index (χ3n) is 4.44. The smallest absolute Gasteiger partial charge is 0.119 e. The van der Waals surface area contributed by atoms with Crippen molar-refractivity contribution in [2.24, 2.45) is 0 Å². The highest BCUT2D eigenvalue weighted by molar-refractivity contribution is 5.44. The van der Waals surface area contributed by atoms with E-state index in [4.69, 9.17) is 0 Å². The number of aromatic hydroxyl groups is 1. The van der Waals surface area contributed by atoms with Crippen LogP contribution in [0.2, 0.25) is 0 Å². The van der Waals surface area contributed by atoms with Crippen molar-refractivity contribution in [3.63, 3.8) is 0 Å². The molecule has 1 aliphatic rings. The first-order valence-electron chi connectivity index (χ1n) is 7.37. The van der Waals surface area contributed by atoms with Crippen molar-refractivity contribution >= 4 is 0 Å². The van der Waals surface area contributed by atoms with Gasteiger partial charge in [0.25, 0.3) is 0 Å². The van der Waals surface area contributed by atoms with Gasteiger partial charge in [-0.05, 0) is 50.4 Å². The Balaban J connectivity index is 1.85. The molecule has 106 valence electrons. The van der Waals surface area contributed by atoms with Crippen LogP contribution in [0.1, 0.15) is 43.9 Å². The van der Waals surface area contributed by atoms with Gasteiger partial charge in [-0.3, -0.25) is 0 Å². The van der Waals surface area contributed by atoms with Gasteiger partial charge in [0.15, 0.2) is 0 Å². The highest BCUT2D eigenvalue weighted by Gasteiger charge is 2.23. The zero-order valence-electron chi connectivity index (χ0n) is 12.3. The van der Waals surface area contributed by atoms with E-state index in [1.807, 2.05) is 6.07 Å². The topological polar surface area (TPSA) is 35.5 Å². The number of fused-ring (bicyclic) bond motifs is 1. The minimum Gasteiger partial charge on any atom is -0.508 e. The Morgan fingerprint density at radius 2 is 2.26 bits per heavy atom. The van der Waals surface area contributed by atoms with Crippen LogP contribution in [0.5, 0.6) is 5.75 Å². The molecule has 0 amide bonds. The molecule has 1 aliphatic carbocycles. The van der Waals surface area contributed by atoms with Gasteiger partial charge in [-0.1, -0.05) is 19.1 Å². The molecule has 0 aliphatic heterocycles. The molecule has 0 aromatic heterocycles. The van der Waals surface area contributed by atoms with Crippen LogP contribution in [0, 0.1) is 0 Å². The lowest BCUT2D eigenvalue weighted by molar-refractivity contribution is 0.248. The Labute approximate surface area is 116 Å². The summed E-state index contributed by atoms with van der Waals surface area (Å²) < 4.78 is 0. The fourth-order valence-corrected chi connectivity index (χ4v) is 2.79. The number of rotatable bonds is 6. The normalized spacial score (nSPS) is 19.7. The van der Waals surface area contributed by atoms with E-state index in [2.05, 4.69) is 37.2 Å². The van der Waals surface area contributed by atoms with Crippen molar-refractivity contribution in [3.8, 4) is 5.75 Å². The molecule has 1 aromatic rings. The molecule has 2 unspecified atom stereocenters. The minimum absolute atomic E-state index is 0.410. The number of hydrogen-bond acceptors (Lipinski definition) is 3. The van der Waals surface area contributed by atoms with Gasteiger partial charge in [0, 0.05) is 25.2 Å². The van der Waals surface area contributed by atoms with Crippen molar-refractivity contribution in [2.75, 3.05) is 20.1 Å². The van der Waals surface area contributed by atoms with Crippen LogP contribution in [0.3, 0.4) is 0 Å². The standard InChI is InChI=1S/C16H26N2O/c1-4-12(2)18(3)11-10-17-15-9-8-14-13(15)6-5-7-16(14)19/h5-7,12,15,17,19H,4,8-11H2,1-3H3. The lowest BCUT2D eigenvalue weighted by Crippen LogP contribution is -2.35. The Morgan fingerprint density at radius 3 is 3.00 bits per heavy atom. The first-order valence-corrected chi connectivity index (χ1v) is 7.37. The third-order valence-corrected chi connectivity index (χ3v) is 4.44. The zero-order valence-corrected chi connectivity index (χ0v) is 12.3. The van der Waals surface area contributed by atoms with Gasteiger partial charge in [-0.25, -0.2) is 0 Å². The summed E-state index contributed by atoms with van der Waals surface area (Å²) in [5, 5.41) is 13.5. The summed E-state index contributed by atoms with van der Waals surface area (Å²) in [5.74, 6) is 0.457. The fourth-order valence-electron chi connectivity index (χ4n) is 2.79. The second-order valence-electron chi connectivity index (χ2n) is 5.63. The van der Waals surface area contributed by atoms with E-state index in [-0.39, 0.29) is 0 Å². The Kier molecular flexibility index (Phi) is 4.83. The Morgan fingerprint density at radius 1 is 1.47 bits per heavy atom. The second-order valence-corrected chi connectivity index (χ2v) is 5.63. The molecule has 0 saturated carbocycles. The molecule has 3 nitrogen and oxygen atoms in total. The molecule has 0 bridgehead atoms. The maximum Gasteiger partial charge on any atom is 0.119 e. The van der Waals surface area contributed by atoms with Crippen LogP contribution in [0.15, 0.2) is 18.2 Å². The molecule has 0 spiro atoms. The number of benzene rings is 1. The number of nitrogens with zero attached hydrogens (tertiary/aromatic N) is 1. The first-order chi connectivity index (χ1) is 9.13. The molecule has 2 atom stereocenters. The number of phenols is 1. The van der Waals surface area contributed by atoms with Crippen molar-refractivity contribution in [1.82, 2.24) is 10.2 Å². The summed E-state index contributed by atoms with van der Waals surface area (Å²) in [6.45, 7) is 6.56. The van der Waals surface area contributed by atoms with Gasteiger partial charge in [0.05, 0.1) is 0 Å². The van der Waals surface area contributed by atoms with Crippen LogP contribution in [-0.2, 0) is 6.42 Å². The minimum atomic E-state index is 0.410. The quantitative estimate of drug-likeness (QED) is 0.827. The van der Waals surface area contributed by atoms with Crippen molar-refractivity contribution in [1.29, 1.82) is 0 Å². The predicted octanol–water partition coefficient (Wildman–Crippen LogP) is 2.70. The van der Waals surface area contributed by atoms with Crippen LogP contribution >= 0.6 is 0 Å². The molecular weight excluding hydrogens is 236 g/mol. The summed E-state index contributed by atoms with van der Waals surface area (Å²) in [6.07, 6.45) is 3.28. The average molecular weight is 262 g/mol. The SMILES string of the molecule is CCC(C)N(C)CCNC1CCc2c(O)cccc21. The lowest BCUT2D eigenvalue weighted by Gasteiger charge is -2.24. The van der Waals surface area contributed by atoms with Gasteiger partial charge < -0.3 is 15.3 Å². The van der Waals surface area contributed by atoms with Crippen LogP contribution in [0.4, 0.5) is 0 Å². The van der Waals surface area contributed by atoms with Crippen molar-refractivity contribution < 1.29 is 5.11 Å².